The van der Waals surface area contributed by atoms with Crippen LogP contribution in [0.4, 0.5) is 5.00 Å². The molecule has 0 radical (unpaired) electrons. The lowest BCUT2D eigenvalue weighted by molar-refractivity contribution is -0.119. The van der Waals surface area contributed by atoms with E-state index in [1.165, 1.54) is 4.88 Å². The van der Waals surface area contributed by atoms with E-state index in [0.29, 0.717) is 17.1 Å². The van der Waals surface area contributed by atoms with Crippen LogP contribution in [0.1, 0.15) is 35.8 Å². The van der Waals surface area contributed by atoms with Crippen molar-refractivity contribution >= 4 is 38.2 Å². The van der Waals surface area contributed by atoms with Gasteiger partial charge in [-0.1, -0.05) is 6.92 Å². The molecular weight excluding hydrogens is 376 g/mol. The molecule has 0 spiro atoms. The van der Waals surface area contributed by atoms with Crippen LogP contribution in [0.15, 0.2) is 16.9 Å². The molecule has 1 aliphatic carbocycles. The fourth-order valence-corrected chi connectivity index (χ4v) is 4.38. The molecule has 1 unspecified atom stereocenters. The molecular formula is C16H17BrN4OS. The first-order chi connectivity index (χ1) is 11.1. The van der Waals surface area contributed by atoms with Crippen molar-refractivity contribution in [3.05, 3.63) is 32.9 Å². The van der Waals surface area contributed by atoms with Crippen LogP contribution in [-0.2, 0) is 24.2 Å². The van der Waals surface area contributed by atoms with Crippen LogP contribution in [0.25, 0.3) is 0 Å². The maximum absolute atomic E-state index is 12.4. The fourth-order valence-electron chi connectivity index (χ4n) is 2.81. The lowest BCUT2D eigenvalue weighted by Crippen LogP contribution is -2.24. The second-order valence-corrected chi connectivity index (χ2v) is 7.82. The molecule has 0 aliphatic heterocycles. The van der Waals surface area contributed by atoms with Crippen LogP contribution in [0, 0.1) is 17.2 Å². The standard InChI is InChI=1S/C16H17BrN4OS/c1-10(8-21-9-11(17)7-19-21)15(22)20-16-13(6-18)12-4-2-3-5-14(12)23-16/h7,9-10H,2-5,8H2,1H3,(H,20,22). The molecule has 1 amide bonds. The summed E-state index contributed by atoms with van der Waals surface area (Å²) in [5.41, 5.74) is 1.80. The minimum atomic E-state index is -0.229. The Hall–Kier alpha value is -1.65. The van der Waals surface area contributed by atoms with Crippen molar-refractivity contribution in [1.82, 2.24) is 9.78 Å². The first kappa shape index (κ1) is 16.2. The summed E-state index contributed by atoms with van der Waals surface area (Å²) in [6.07, 6.45) is 7.79. The summed E-state index contributed by atoms with van der Waals surface area (Å²) in [7, 11) is 0. The molecule has 1 atom stereocenters. The Kier molecular flexibility index (Phi) is 4.83. The molecule has 2 aromatic rings. The van der Waals surface area contributed by atoms with Crippen molar-refractivity contribution in [3.8, 4) is 6.07 Å². The zero-order valence-corrected chi connectivity index (χ0v) is 15.2. The van der Waals surface area contributed by atoms with Crippen molar-refractivity contribution in [2.75, 3.05) is 5.32 Å². The minimum absolute atomic E-state index is 0.0771. The normalized spacial score (nSPS) is 14.8. The van der Waals surface area contributed by atoms with Crippen LogP contribution in [0.2, 0.25) is 0 Å². The molecule has 2 aromatic heterocycles. The number of hydrogen-bond donors (Lipinski definition) is 1. The Morgan fingerprint density at radius 2 is 2.35 bits per heavy atom. The molecule has 0 saturated carbocycles. The topological polar surface area (TPSA) is 70.7 Å². The van der Waals surface area contributed by atoms with E-state index in [1.807, 2.05) is 13.1 Å². The largest absolute Gasteiger partial charge is 0.316 e. The number of aromatic nitrogens is 2. The first-order valence-electron chi connectivity index (χ1n) is 7.62. The second kappa shape index (κ2) is 6.85. The Bertz CT molecular complexity index is 774. The van der Waals surface area contributed by atoms with Gasteiger partial charge in [-0.05, 0) is 47.2 Å². The number of anilines is 1. The summed E-state index contributed by atoms with van der Waals surface area (Å²) < 4.78 is 2.63. The zero-order valence-electron chi connectivity index (χ0n) is 12.8. The number of thiophene rings is 1. The molecule has 0 fully saturated rings. The number of fused-ring (bicyclic) bond motifs is 1. The maximum Gasteiger partial charge on any atom is 0.229 e. The van der Waals surface area contributed by atoms with E-state index in [4.69, 9.17) is 0 Å². The summed E-state index contributed by atoms with van der Waals surface area (Å²) in [6.45, 7) is 2.37. The van der Waals surface area contributed by atoms with Crippen LogP contribution in [0.3, 0.4) is 0 Å². The SMILES string of the molecule is CC(Cn1cc(Br)cn1)C(=O)Nc1sc2c(c1C#N)CCCC2. The molecule has 0 aromatic carbocycles. The van der Waals surface area contributed by atoms with Crippen molar-refractivity contribution < 1.29 is 4.79 Å². The van der Waals surface area contributed by atoms with Gasteiger partial charge >= 0.3 is 0 Å². The Labute approximate surface area is 147 Å². The summed E-state index contributed by atoms with van der Waals surface area (Å²) in [6, 6.07) is 2.27. The van der Waals surface area contributed by atoms with E-state index in [2.05, 4.69) is 32.4 Å². The molecule has 120 valence electrons. The van der Waals surface area contributed by atoms with E-state index in [9.17, 15) is 10.1 Å². The minimum Gasteiger partial charge on any atom is -0.316 e. The number of nitrogens with one attached hydrogen (secondary N) is 1. The van der Waals surface area contributed by atoms with Crippen molar-refractivity contribution in [1.29, 1.82) is 5.26 Å². The van der Waals surface area contributed by atoms with Gasteiger partial charge in [0.2, 0.25) is 5.91 Å². The van der Waals surface area contributed by atoms with Gasteiger partial charge < -0.3 is 5.32 Å². The van der Waals surface area contributed by atoms with Crippen molar-refractivity contribution in [2.45, 2.75) is 39.2 Å². The number of carbonyl (C=O) groups excluding carboxylic acids is 1. The summed E-state index contributed by atoms with van der Waals surface area (Å²) in [4.78, 5) is 13.7. The third-order valence-electron chi connectivity index (χ3n) is 4.03. The number of aryl methyl sites for hydroxylation is 1. The fraction of sp³-hybridized carbons (Fsp3) is 0.438. The number of nitrogens with zero attached hydrogens (tertiary/aromatic N) is 3. The van der Waals surface area contributed by atoms with E-state index < -0.39 is 0 Å². The Balaban J connectivity index is 1.72. The van der Waals surface area contributed by atoms with Crippen LogP contribution in [-0.4, -0.2) is 15.7 Å². The Morgan fingerprint density at radius 3 is 3.04 bits per heavy atom. The highest BCUT2D eigenvalue weighted by Gasteiger charge is 2.23. The van der Waals surface area contributed by atoms with Gasteiger partial charge in [-0.25, -0.2) is 0 Å². The lowest BCUT2D eigenvalue weighted by atomic mass is 9.96. The van der Waals surface area contributed by atoms with Gasteiger partial charge in [-0.2, -0.15) is 10.4 Å². The van der Waals surface area contributed by atoms with Gasteiger partial charge in [0.25, 0.3) is 0 Å². The van der Waals surface area contributed by atoms with Crippen molar-refractivity contribution in [2.24, 2.45) is 5.92 Å². The summed E-state index contributed by atoms with van der Waals surface area (Å²) in [5, 5.41) is 17.3. The van der Waals surface area contributed by atoms with E-state index in [1.54, 1.807) is 22.2 Å². The van der Waals surface area contributed by atoms with Crippen LogP contribution in [0.5, 0.6) is 0 Å². The number of halogens is 1. The molecule has 1 N–H and O–H groups in total. The molecule has 5 nitrogen and oxygen atoms in total. The maximum atomic E-state index is 12.4. The smallest absolute Gasteiger partial charge is 0.229 e. The van der Waals surface area contributed by atoms with Crippen LogP contribution < -0.4 is 5.32 Å². The van der Waals surface area contributed by atoms with Gasteiger partial charge in [-0.15, -0.1) is 11.3 Å². The molecule has 0 bridgehead atoms. The van der Waals surface area contributed by atoms with Gasteiger partial charge in [0, 0.05) is 11.1 Å². The number of carbonyl (C=O) groups is 1. The molecule has 7 heteroatoms. The predicted molar refractivity (Wildman–Crippen MR) is 93.4 cm³/mol. The molecule has 2 heterocycles. The quantitative estimate of drug-likeness (QED) is 0.861. The van der Waals surface area contributed by atoms with E-state index >= 15 is 0 Å². The monoisotopic (exact) mass is 392 g/mol. The highest BCUT2D eigenvalue weighted by molar-refractivity contribution is 9.10. The Morgan fingerprint density at radius 1 is 1.57 bits per heavy atom. The number of hydrogen-bond acceptors (Lipinski definition) is 4. The molecule has 1 aliphatic rings. The third-order valence-corrected chi connectivity index (χ3v) is 5.65. The predicted octanol–water partition coefficient (Wildman–Crippen LogP) is 3.73. The highest BCUT2D eigenvalue weighted by Crippen LogP contribution is 2.37. The number of amides is 1. The summed E-state index contributed by atoms with van der Waals surface area (Å²) in [5.74, 6) is -0.306. The van der Waals surface area contributed by atoms with E-state index in [0.717, 1.165) is 35.7 Å². The molecule has 3 rings (SSSR count). The van der Waals surface area contributed by atoms with Crippen molar-refractivity contribution in [3.63, 3.8) is 0 Å². The van der Waals surface area contributed by atoms with Gasteiger partial charge in [-0.3, -0.25) is 9.48 Å². The lowest BCUT2D eigenvalue weighted by Gasteiger charge is -2.11. The second-order valence-electron chi connectivity index (χ2n) is 5.80. The first-order valence-corrected chi connectivity index (χ1v) is 9.23. The number of nitriles is 1. The molecule has 23 heavy (non-hydrogen) atoms. The van der Waals surface area contributed by atoms with E-state index in [-0.39, 0.29) is 11.8 Å². The van der Waals surface area contributed by atoms with Gasteiger partial charge in [0.05, 0.1) is 28.7 Å². The molecule has 0 saturated heterocycles. The number of rotatable bonds is 4. The average Bonchev–Trinajstić information content (AvgIpc) is 3.09. The van der Waals surface area contributed by atoms with Gasteiger partial charge in [0.1, 0.15) is 11.1 Å². The van der Waals surface area contributed by atoms with Crippen LogP contribution >= 0.6 is 27.3 Å². The summed E-state index contributed by atoms with van der Waals surface area (Å²) >= 11 is 4.90. The average molecular weight is 393 g/mol. The highest BCUT2D eigenvalue weighted by atomic mass is 79.9. The van der Waals surface area contributed by atoms with Gasteiger partial charge in [0.15, 0.2) is 0 Å². The third kappa shape index (κ3) is 3.48. The zero-order chi connectivity index (χ0) is 16.4.